The minimum absolute atomic E-state index is 0.0405. The minimum Gasteiger partial charge on any atom is -0.464 e. The van der Waals surface area contributed by atoms with Gasteiger partial charge in [0.15, 0.2) is 11.6 Å². The smallest absolute Gasteiger partial charge is 0.320 e. The van der Waals surface area contributed by atoms with Crippen molar-refractivity contribution in [3.05, 3.63) is 12.2 Å². The molecule has 2 saturated carbocycles. The van der Waals surface area contributed by atoms with Gasteiger partial charge in [0.2, 0.25) is 0 Å². The molecule has 2 bridgehead atoms. The van der Waals surface area contributed by atoms with Crippen LogP contribution in [0.15, 0.2) is 12.2 Å². The van der Waals surface area contributed by atoms with Crippen molar-refractivity contribution in [1.29, 1.82) is 0 Å². The van der Waals surface area contributed by atoms with Crippen molar-refractivity contribution < 1.29 is 29.3 Å². The van der Waals surface area contributed by atoms with E-state index in [0.29, 0.717) is 19.3 Å². The summed E-state index contributed by atoms with van der Waals surface area (Å²) in [5, 5.41) is 19.9. The molecule has 0 unspecified atom stereocenters. The van der Waals surface area contributed by atoms with Crippen molar-refractivity contribution in [3.63, 3.8) is 0 Å². The maximum Gasteiger partial charge on any atom is 0.320 e. The lowest BCUT2D eigenvalue weighted by Gasteiger charge is -2.58. The van der Waals surface area contributed by atoms with E-state index in [1.807, 2.05) is 19.9 Å². The Balaban J connectivity index is 1.90. The summed E-state index contributed by atoms with van der Waals surface area (Å²) < 4.78 is 5.51. The molecule has 1 aliphatic heterocycles. The zero-order valence-electron chi connectivity index (χ0n) is 15.2. The first-order chi connectivity index (χ1) is 12.3. The Morgan fingerprint density at radius 3 is 2.54 bits per heavy atom. The van der Waals surface area contributed by atoms with Crippen LogP contribution in [-0.2, 0) is 19.1 Å². The van der Waals surface area contributed by atoms with Crippen LogP contribution in [0.5, 0.6) is 0 Å². The van der Waals surface area contributed by atoms with Gasteiger partial charge < -0.3 is 14.9 Å². The minimum atomic E-state index is -1.35. The number of carbonyl (C=O) groups is 3. The number of hydrogen-bond donors (Lipinski definition) is 2. The third kappa shape index (κ3) is 1.87. The van der Waals surface area contributed by atoms with E-state index in [1.165, 1.54) is 6.08 Å². The van der Waals surface area contributed by atoms with Crippen LogP contribution in [0.4, 0.5) is 0 Å². The second kappa shape index (κ2) is 5.49. The second-order valence-electron chi connectivity index (χ2n) is 9.09. The number of rotatable bonds is 2. The van der Waals surface area contributed by atoms with Crippen LogP contribution in [0.25, 0.3) is 0 Å². The second-order valence-corrected chi connectivity index (χ2v) is 9.09. The normalized spacial score (nSPS) is 46.4. The van der Waals surface area contributed by atoms with Gasteiger partial charge in [-0.1, -0.05) is 19.9 Å². The molecule has 4 rings (SSSR count). The van der Waals surface area contributed by atoms with E-state index < -0.39 is 40.0 Å². The van der Waals surface area contributed by atoms with E-state index in [4.69, 9.17) is 4.74 Å². The molecule has 0 amide bonds. The summed E-state index contributed by atoms with van der Waals surface area (Å²) in [5.41, 5.74) is -2.88. The van der Waals surface area contributed by atoms with Gasteiger partial charge in [-0.15, -0.1) is 0 Å². The fourth-order valence-corrected chi connectivity index (χ4v) is 6.50. The van der Waals surface area contributed by atoms with Crippen molar-refractivity contribution in [1.82, 2.24) is 0 Å². The number of aliphatic hydroxyl groups is 2. The van der Waals surface area contributed by atoms with Crippen LogP contribution in [-0.4, -0.2) is 47.6 Å². The third-order valence-electron chi connectivity index (χ3n) is 7.80. The highest BCUT2D eigenvalue weighted by atomic mass is 16.5. The Bertz CT molecular complexity index is 709. The molecule has 26 heavy (non-hydrogen) atoms. The van der Waals surface area contributed by atoms with Gasteiger partial charge in [0, 0.05) is 18.4 Å². The summed E-state index contributed by atoms with van der Waals surface area (Å²) >= 11 is 0. The Labute approximate surface area is 152 Å². The molecular formula is C20H26O6. The fraction of sp³-hybridized carbons (Fsp3) is 0.750. The number of aliphatic hydroxyl groups excluding tert-OH is 2. The Kier molecular flexibility index (Phi) is 3.77. The number of ether oxygens (including phenoxy) is 1. The van der Waals surface area contributed by atoms with Gasteiger partial charge in [0.05, 0.1) is 12.0 Å². The summed E-state index contributed by atoms with van der Waals surface area (Å²) in [4.78, 5) is 39.2. The molecule has 2 N–H and O–H groups in total. The fourth-order valence-electron chi connectivity index (χ4n) is 6.50. The van der Waals surface area contributed by atoms with Crippen LogP contribution >= 0.6 is 0 Å². The summed E-state index contributed by atoms with van der Waals surface area (Å²) in [6, 6.07) is 0. The highest BCUT2D eigenvalue weighted by Crippen LogP contribution is 2.66. The maximum absolute atomic E-state index is 13.2. The Morgan fingerprint density at radius 1 is 1.15 bits per heavy atom. The lowest BCUT2D eigenvalue weighted by molar-refractivity contribution is -0.205. The van der Waals surface area contributed by atoms with Gasteiger partial charge in [-0.25, -0.2) is 0 Å². The van der Waals surface area contributed by atoms with Crippen molar-refractivity contribution in [2.45, 2.75) is 33.1 Å². The number of hydrogen-bond acceptors (Lipinski definition) is 6. The van der Waals surface area contributed by atoms with Crippen molar-refractivity contribution in [2.75, 3.05) is 19.8 Å². The van der Waals surface area contributed by atoms with E-state index in [0.717, 1.165) is 0 Å². The van der Waals surface area contributed by atoms with Gasteiger partial charge in [-0.05, 0) is 42.6 Å². The highest BCUT2D eigenvalue weighted by Gasteiger charge is 2.74. The number of ketones is 2. The molecule has 1 saturated heterocycles. The first-order valence-electron chi connectivity index (χ1n) is 9.42. The van der Waals surface area contributed by atoms with Crippen LogP contribution in [0, 0.1) is 39.9 Å². The summed E-state index contributed by atoms with van der Waals surface area (Å²) in [6.07, 6.45) is 4.96. The number of carbonyl (C=O) groups excluding carboxylic acids is 3. The molecule has 4 aliphatic rings. The topological polar surface area (TPSA) is 101 Å². The molecule has 3 fully saturated rings. The molecule has 0 aromatic carbocycles. The Hall–Kier alpha value is -1.53. The largest absolute Gasteiger partial charge is 0.464 e. The van der Waals surface area contributed by atoms with E-state index in [9.17, 15) is 24.6 Å². The van der Waals surface area contributed by atoms with Gasteiger partial charge >= 0.3 is 5.97 Å². The first kappa shape index (κ1) is 17.9. The standard InChI is InChI=1S/C20H26O6/c1-18(2)6-5-15(23)20(14(18)9-22)10-26-17(25)19-7-11(3-4-13(19)20)12(8-21)16(19)24/h5-6,11-14,21-22H,3-4,7-10H2,1-2H3/t11-,12-,13-,14-,19-,20+/m1/s1. The molecule has 6 heteroatoms. The molecule has 6 atom stereocenters. The third-order valence-corrected chi connectivity index (χ3v) is 7.80. The monoisotopic (exact) mass is 362 g/mol. The zero-order valence-corrected chi connectivity index (χ0v) is 15.2. The van der Waals surface area contributed by atoms with Crippen molar-refractivity contribution in [3.8, 4) is 0 Å². The molecule has 0 radical (unpaired) electrons. The number of cyclic esters (lactones) is 1. The maximum atomic E-state index is 13.2. The number of Topliss-reactive ketones (excluding diaryl/α,β-unsaturated/α-hetero) is 1. The summed E-state index contributed by atoms with van der Waals surface area (Å²) in [6.45, 7) is 3.34. The van der Waals surface area contributed by atoms with Crippen LogP contribution in [0.1, 0.15) is 33.1 Å². The molecule has 2 spiro atoms. The first-order valence-corrected chi connectivity index (χ1v) is 9.42. The average Bonchev–Trinajstić information content (AvgIpc) is 2.82. The molecule has 0 aromatic rings. The van der Waals surface area contributed by atoms with E-state index >= 15 is 0 Å². The molecule has 6 nitrogen and oxygen atoms in total. The van der Waals surface area contributed by atoms with Crippen LogP contribution in [0.3, 0.4) is 0 Å². The van der Waals surface area contributed by atoms with E-state index in [-0.39, 0.29) is 37.3 Å². The number of fused-ring (bicyclic) bond motifs is 2. The lowest BCUT2D eigenvalue weighted by Crippen LogP contribution is -2.66. The van der Waals surface area contributed by atoms with Crippen molar-refractivity contribution in [2.24, 2.45) is 39.9 Å². The van der Waals surface area contributed by atoms with Crippen LogP contribution < -0.4 is 0 Å². The van der Waals surface area contributed by atoms with E-state index in [2.05, 4.69) is 0 Å². The number of allylic oxidation sites excluding steroid dienone is 2. The van der Waals surface area contributed by atoms with Gasteiger partial charge in [0.25, 0.3) is 0 Å². The van der Waals surface area contributed by atoms with Gasteiger partial charge in [-0.2, -0.15) is 0 Å². The van der Waals surface area contributed by atoms with Gasteiger partial charge in [0.1, 0.15) is 12.0 Å². The zero-order chi connectivity index (χ0) is 18.9. The Morgan fingerprint density at radius 2 is 1.88 bits per heavy atom. The quantitative estimate of drug-likeness (QED) is 0.559. The summed E-state index contributed by atoms with van der Waals surface area (Å²) in [5.74, 6) is -2.49. The molecule has 142 valence electrons. The van der Waals surface area contributed by atoms with Crippen LogP contribution in [0.2, 0.25) is 0 Å². The molecular weight excluding hydrogens is 336 g/mol. The van der Waals surface area contributed by atoms with Gasteiger partial charge in [-0.3, -0.25) is 14.4 Å². The highest BCUT2D eigenvalue weighted by molar-refractivity contribution is 6.10. The molecule has 1 heterocycles. The SMILES string of the molecule is CC1(C)C=CC(=O)[C@]2(COC(=O)[C@]34C[C@@H](CC[C@H]32)[C@@H](CO)C4=O)[C@@H]1CO. The average molecular weight is 362 g/mol. The predicted molar refractivity (Wildman–Crippen MR) is 90.7 cm³/mol. The lowest BCUT2D eigenvalue weighted by atomic mass is 9.46. The van der Waals surface area contributed by atoms with Crippen molar-refractivity contribution >= 4 is 17.5 Å². The summed E-state index contributed by atoms with van der Waals surface area (Å²) in [7, 11) is 0. The number of esters is 1. The molecule has 0 aromatic heterocycles. The molecule has 3 aliphatic carbocycles. The predicted octanol–water partition coefficient (Wildman–Crippen LogP) is 0.897. The van der Waals surface area contributed by atoms with E-state index in [1.54, 1.807) is 0 Å².